The predicted molar refractivity (Wildman–Crippen MR) is 94.8 cm³/mol. The van der Waals surface area contributed by atoms with Crippen LogP contribution in [0, 0.1) is 0 Å². The summed E-state index contributed by atoms with van der Waals surface area (Å²) in [6.07, 6.45) is 3.43. The summed E-state index contributed by atoms with van der Waals surface area (Å²) in [6.45, 7) is 10.7. The molecule has 0 amide bonds. The number of ether oxygens (including phenoxy) is 1. The van der Waals surface area contributed by atoms with Crippen LogP contribution in [-0.4, -0.2) is 48.8 Å². The van der Waals surface area contributed by atoms with Crippen LogP contribution < -0.4 is 10.5 Å². The number of hydrogen-bond acceptors (Lipinski definition) is 5. The van der Waals surface area contributed by atoms with Gasteiger partial charge in [-0.15, -0.1) is 0 Å². The van der Waals surface area contributed by atoms with Crippen LogP contribution in [0.15, 0.2) is 11.0 Å². The number of hydrogen-bond donors (Lipinski definition) is 1. The molecule has 2 rings (SSSR count). The Bertz CT molecular complexity index is 583. The van der Waals surface area contributed by atoms with Gasteiger partial charge in [0.15, 0.2) is 0 Å². The molecule has 1 aromatic rings. The topological polar surface area (TPSA) is 67.6 Å². The predicted octanol–water partition coefficient (Wildman–Crippen LogP) is 1.69. The lowest BCUT2D eigenvalue weighted by molar-refractivity contribution is 0.0746. The fourth-order valence-corrected chi connectivity index (χ4v) is 3.48. The van der Waals surface area contributed by atoms with Crippen molar-refractivity contribution in [2.45, 2.75) is 58.2 Å². The Morgan fingerprint density at radius 1 is 1.43 bits per heavy atom. The van der Waals surface area contributed by atoms with Gasteiger partial charge in [0.1, 0.15) is 6.73 Å². The molecule has 0 radical (unpaired) electrons. The minimum atomic E-state index is -1.12. The second kappa shape index (κ2) is 7.59. The zero-order valence-corrected chi connectivity index (χ0v) is 15.7. The lowest BCUT2D eigenvalue weighted by Gasteiger charge is -2.34. The average Bonchev–Trinajstić information content (AvgIpc) is 2.51. The Hall–Kier alpha value is -1.18. The summed E-state index contributed by atoms with van der Waals surface area (Å²) < 4.78 is 7.06. The highest BCUT2D eigenvalue weighted by Crippen LogP contribution is 2.25. The normalized spacial score (nSPS) is 16.3. The van der Waals surface area contributed by atoms with E-state index < -0.39 is 8.07 Å². The minimum Gasteiger partial charge on any atom is -0.394 e. The molecule has 0 aliphatic carbocycles. The van der Waals surface area contributed by atoms with Crippen molar-refractivity contribution in [1.29, 1.82) is 0 Å². The van der Waals surface area contributed by atoms with E-state index in [0.29, 0.717) is 6.61 Å². The molecular weight excluding hydrogens is 310 g/mol. The van der Waals surface area contributed by atoms with Gasteiger partial charge >= 0.3 is 0 Å². The fourth-order valence-electron chi connectivity index (χ4n) is 2.73. The molecule has 0 saturated heterocycles. The third-order valence-electron chi connectivity index (χ3n) is 4.26. The first-order valence-corrected chi connectivity index (χ1v) is 12.1. The van der Waals surface area contributed by atoms with Gasteiger partial charge in [-0.3, -0.25) is 4.79 Å². The van der Waals surface area contributed by atoms with Crippen LogP contribution in [0.1, 0.15) is 18.9 Å². The molecule has 0 fully saturated rings. The smallest absolute Gasteiger partial charge is 0.274 e. The second-order valence-corrected chi connectivity index (χ2v) is 13.1. The molecule has 7 heteroatoms. The van der Waals surface area contributed by atoms with Crippen LogP contribution in [-0.2, 0) is 17.9 Å². The van der Waals surface area contributed by atoms with Gasteiger partial charge in [-0.25, -0.2) is 4.68 Å². The molecule has 1 N–H and O–H groups in total. The Balaban J connectivity index is 2.09. The monoisotopic (exact) mass is 339 g/mol. The quantitative estimate of drug-likeness (QED) is 0.605. The molecule has 23 heavy (non-hydrogen) atoms. The second-order valence-electron chi connectivity index (χ2n) is 7.49. The Labute approximate surface area is 139 Å². The summed E-state index contributed by atoms with van der Waals surface area (Å²) in [5, 5.41) is 13.6. The number of aromatic nitrogens is 2. The van der Waals surface area contributed by atoms with Crippen LogP contribution in [0.3, 0.4) is 0 Å². The van der Waals surface area contributed by atoms with E-state index in [1.807, 2.05) is 6.92 Å². The Kier molecular flexibility index (Phi) is 5.99. The van der Waals surface area contributed by atoms with Crippen molar-refractivity contribution in [3.63, 3.8) is 0 Å². The van der Waals surface area contributed by atoms with E-state index in [9.17, 15) is 9.90 Å². The van der Waals surface area contributed by atoms with Gasteiger partial charge in [0.25, 0.3) is 5.56 Å². The maximum atomic E-state index is 12.6. The van der Waals surface area contributed by atoms with E-state index in [1.165, 1.54) is 4.68 Å². The lowest BCUT2D eigenvalue weighted by atomic mass is 10.0. The van der Waals surface area contributed by atoms with Crippen molar-refractivity contribution in [2.75, 3.05) is 24.7 Å². The van der Waals surface area contributed by atoms with Gasteiger partial charge in [0.2, 0.25) is 0 Å². The molecular formula is C16H29N3O3Si. The molecule has 1 atom stereocenters. The Morgan fingerprint density at radius 2 is 2.17 bits per heavy atom. The van der Waals surface area contributed by atoms with Crippen molar-refractivity contribution in [2.24, 2.45) is 0 Å². The summed E-state index contributed by atoms with van der Waals surface area (Å²) >= 11 is 0. The highest BCUT2D eigenvalue weighted by Gasteiger charge is 2.24. The molecule has 1 aliphatic rings. The van der Waals surface area contributed by atoms with Gasteiger partial charge < -0.3 is 14.7 Å². The van der Waals surface area contributed by atoms with Gasteiger partial charge in [-0.1, -0.05) is 19.6 Å². The zero-order chi connectivity index (χ0) is 17.0. The first-order valence-electron chi connectivity index (χ1n) is 8.38. The summed E-state index contributed by atoms with van der Waals surface area (Å²) in [4.78, 5) is 14.7. The summed E-state index contributed by atoms with van der Waals surface area (Å²) in [5.74, 6) is 0. The average molecular weight is 340 g/mol. The molecule has 0 saturated carbocycles. The first kappa shape index (κ1) is 18.2. The largest absolute Gasteiger partial charge is 0.394 e. The minimum absolute atomic E-state index is 0.000839. The molecule has 0 aromatic carbocycles. The number of fused-ring (bicyclic) bond motifs is 1. The fraction of sp³-hybridized carbons (Fsp3) is 0.750. The van der Waals surface area contributed by atoms with Gasteiger partial charge in [-0.2, -0.15) is 5.10 Å². The van der Waals surface area contributed by atoms with Crippen LogP contribution >= 0.6 is 0 Å². The van der Waals surface area contributed by atoms with Crippen LogP contribution in [0.2, 0.25) is 25.7 Å². The number of aliphatic hydroxyl groups excluding tert-OH is 1. The number of aliphatic hydroxyl groups is 1. The summed E-state index contributed by atoms with van der Waals surface area (Å²) in [6, 6.07) is 1.08. The highest BCUT2D eigenvalue weighted by atomic mass is 28.3. The maximum Gasteiger partial charge on any atom is 0.274 e. The molecule has 130 valence electrons. The van der Waals surface area contributed by atoms with E-state index in [4.69, 9.17) is 4.74 Å². The van der Waals surface area contributed by atoms with E-state index in [0.717, 1.165) is 36.7 Å². The summed E-state index contributed by atoms with van der Waals surface area (Å²) in [5.41, 5.74) is 1.59. The molecule has 2 heterocycles. The Morgan fingerprint density at radius 3 is 2.83 bits per heavy atom. The van der Waals surface area contributed by atoms with Crippen molar-refractivity contribution in [3.05, 3.63) is 22.1 Å². The standard InChI is InChI=1S/C16H29N3O3Si/c1-13(11-20)18-7-5-6-14-15(18)10-17-19(16(14)21)12-22-8-9-23(2,3)4/h10,13,20H,5-9,11-12H2,1-4H3. The van der Waals surface area contributed by atoms with E-state index in [1.54, 1.807) is 6.20 Å². The van der Waals surface area contributed by atoms with Crippen molar-refractivity contribution in [3.8, 4) is 0 Å². The van der Waals surface area contributed by atoms with Crippen LogP contribution in [0.5, 0.6) is 0 Å². The first-order chi connectivity index (χ1) is 10.8. The van der Waals surface area contributed by atoms with Crippen LogP contribution in [0.25, 0.3) is 0 Å². The lowest BCUT2D eigenvalue weighted by Crippen LogP contribution is -2.42. The molecule has 0 bridgehead atoms. The van der Waals surface area contributed by atoms with Gasteiger partial charge in [0, 0.05) is 32.8 Å². The number of anilines is 1. The van der Waals surface area contributed by atoms with Crippen molar-refractivity contribution >= 4 is 13.8 Å². The van der Waals surface area contributed by atoms with Crippen molar-refractivity contribution < 1.29 is 9.84 Å². The maximum absolute atomic E-state index is 12.6. The molecule has 6 nitrogen and oxygen atoms in total. The van der Waals surface area contributed by atoms with Gasteiger partial charge in [-0.05, 0) is 25.8 Å². The zero-order valence-electron chi connectivity index (χ0n) is 14.7. The molecule has 1 aromatic heterocycles. The van der Waals surface area contributed by atoms with Crippen molar-refractivity contribution in [1.82, 2.24) is 9.78 Å². The third kappa shape index (κ3) is 4.65. The molecule has 1 aliphatic heterocycles. The molecule has 0 spiro atoms. The van der Waals surface area contributed by atoms with E-state index in [-0.39, 0.29) is 24.9 Å². The van der Waals surface area contributed by atoms with Crippen LogP contribution in [0.4, 0.5) is 5.69 Å². The van der Waals surface area contributed by atoms with Gasteiger partial charge in [0.05, 0.1) is 18.5 Å². The molecule has 1 unspecified atom stereocenters. The summed E-state index contributed by atoms with van der Waals surface area (Å²) in [7, 11) is -1.12. The number of nitrogens with zero attached hydrogens (tertiary/aromatic N) is 3. The highest BCUT2D eigenvalue weighted by molar-refractivity contribution is 6.76. The third-order valence-corrected chi connectivity index (χ3v) is 5.97. The number of rotatable bonds is 7. The van der Waals surface area contributed by atoms with E-state index in [2.05, 4.69) is 29.6 Å². The SMILES string of the molecule is CC(CO)N1CCCc2c1cnn(COCC[Si](C)(C)C)c2=O. The van der Waals surface area contributed by atoms with E-state index >= 15 is 0 Å².